The number of halogens is 4. The highest BCUT2D eigenvalue weighted by atomic mass is 35.5. The predicted octanol–water partition coefficient (Wildman–Crippen LogP) is 4.20. The molecule has 0 saturated carbocycles. The second-order valence-corrected chi connectivity index (χ2v) is 4.83. The summed E-state index contributed by atoms with van der Waals surface area (Å²) in [5, 5.41) is 1.35. The molecule has 6 heteroatoms. The Morgan fingerprint density at radius 1 is 1.26 bits per heavy atom. The van der Waals surface area contributed by atoms with E-state index in [0.29, 0.717) is 22.8 Å². The van der Waals surface area contributed by atoms with Gasteiger partial charge in [0.25, 0.3) is 6.43 Å². The maximum atomic E-state index is 12.6. The van der Waals surface area contributed by atoms with E-state index >= 15 is 0 Å². The van der Waals surface area contributed by atoms with E-state index in [-0.39, 0.29) is 12.4 Å². The Kier molecular flexibility index (Phi) is 4.77. The van der Waals surface area contributed by atoms with E-state index in [9.17, 15) is 8.78 Å². The number of fused-ring (bicyclic) bond motifs is 1. The van der Waals surface area contributed by atoms with E-state index in [1.54, 1.807) is 35.4 Å². The van der Waals surface area contributed by atoms with Crippen LogP contribution in [0.25, 0.3) is 10.9 Å². The Bertz CT molecular complexity index is 563. The van der Waals surface area contributed by atoms with Crippen molar-refractivity contribution in [2.75, 3.05) is 23.9 Å². The van der Waals surface area contributed by atoms with Gasteiger partial charge in [0.2, 0.25) is 0 Å². The molecule has 0 unspecified atom stereocenters. The Morgan fingerprint density at radius 3 is 2.74 bits per heavy atom. The molecule has 0 N–H and O–H groups in total. The van der Waals surface area contributed by atoms with E-state index < -0.39 is 6.43 Å². The van der Waals surface area contributed by atoms with Crippen LogP contribution < -0.4 is 4.90 Å². The number of rotatable bonds is 5. The van der Waals surface area contributed by atoms with Gasteiger partial charge in [-0.2, -0.15) is 0 Å². The summed E-state index contributed by atoms with van der Waals surface area (Å²) in [6.07, 6.45) is -0.834. The van der Waals surface area contributed by atoms with Crippen molar-refractivity contribution >= 4 is 39.8 Å². The SMILES string of the molecule is FC(F)CN(CCCl)c1ccnc2cc(Cl)ccc12. The number of alkyl halides is 3. The van der Waals surface area contributed by atoms with Crippen molar-refractivity contribution < 1.29 is 8.78 Å². The number of pyridine rings is 1. The van der Waals surface area contributed by atoms with E-state index in [1.165, 1.54) is 0 Å². The maximum absolute atomic E-state index is 12.6. The lowest BCUT2D eigenvalue weighted by molar-refractivity contribution is 0.155. The van der Waals surface area contributed by atoms with Gasteiger partial charge in [0.15, 0.2) is 0 Å². The van der Waals surface area contributed by atoms with Crippen LogP contribution in [0.3, 0.4) is 0 Å². The lowest BCUT2D eigenvalue weighted by atomic mass is 10.1. The highest BCUT2D eigenvalue weighted by Crippen LogP contribution is 2.27. The molecule has 0 spiro atoms. The van der Waals surface area contributed by atoms with Gasteiger partial charge in [-0.25, -0.2) is 8.78 Å². The molecule has 0 bridgehead atoms. The second-order valence-electron chi connectivity index (χ2n) is 4.02. The summed E-state index contributed by atoms with van der Waals surface area (Å²) in [7, 11) is 0. The molecule has 0 aliphatic rings. The first-order valence-electron chi connectivity index (χ1n) is 5.75. The Hall–Kier alpha value is -1.13. The summed E-state index contributed by atoms with van der Waals surface area (Å²) >= 11 is 11.6. The second kappa shape index (κ2) is 6.35. The quantitative estimate of drug-likeness (QED) is 0.770. The summed E-state index contributed by atoms with van der Waals surface area (Å²) < 4.78 is 25.3. The van der Waals surface area contributed by atoms with Crippen molar-refractivity contribution in [3.8, 4) is 0 Å². The summed E-state index contributed by atoms with van der Waals surface area (Å²) in [5.74, 6) is 0.282. The fourth-order valence-corrected chi connectivity index (χ4v) is 2.33. The molecule has 0 atom stereocenters. The number of benzene rings is 1. The van der Waals surface area contributed by atoms with Crippen LogP contribution in [0.15, 0.2) is 30.5 Å². The number of hydrogen-bond donors (Lipinski definition) is 0. The smallest absolute Gasteiger partial charge is 0.255 e. The van der Waals surface area contributed by atoms with Gasteiger partial charge in [-0.1, -0.05) is 11.6 Å². The Labute approximate surface area is 119 Å². The van der Waals surface area contributed by atoms with Crippen LogP contribution in [0.4, 0.5) is 14.5 Å². The van der Waals surface area contributed by atoms with Gasteiger partial charge in [0, 0.05) is 34.7 Å². The lowest BCUT2D eigenvalue weighted by Gasteiger charge is -2.24. The fraction of sp³-hybridized carbons (Fsp3) is 0.308. The predicted molar refractivity (Wildman–Crippen MR) is 75.7 cm³/mol. The topological polar surface area (TPSA) is 16.1 Å². The molecule has 102 valence electrons. The Morgan fingerprint density at radius 2 is 2.05 bits per heavy atom. The zero-order valence-electron chi connectivity index (χ0n) is 9.99. The zero-order chi connectivity index (χ0) is 13.8. The van der Waals surface area contributed by atoms with Crippen LogP contribution in [0, 0.1) is 0 Å². The highest BCUT2D eigenvalue weighted by Gasteiger charge is 2.15. The van der Waals surface area contributed by atoms with Crippen LogP contribution >= 0.6 is 23.2 Å². The van der Waals surface area contributed by atoms with E-state index in [2.05, 4.69) is 4.98 Å². The summed E-state index contributed by atoms with van der Waals surface area (Å²) in [6, 6.07) is 6.93. The third-order valence-electron chi connectivity index (χ3n) is 2.74. The van der Waals surface area contributed by atoms with Gasteiger partial charge in [0.1, 0.15) is 0 Å². The monoisotopic (exact) mass is 304 g/mol. The van der Waals surface area contributed by atoms with Crippen LogP contribution in [0.1, 0.15) is 0 Å². The van der Waals surface area contributed by atoms with Gasteiger partial charge >= 0.3 is 0 Å². The molecular formula is C13H12Cl2F2N2. The Balaban J connectivity index is 2.46. The summed E-state index contributed by atoms with van der Waals surface area (Å²) in [6.45, 7) is 0.00208. The third-order valence-corrected chi connectivity index (χ3v) is 3.14. The van der Waals surface area contributed by atoms with Crippen molar-refractivity contribution in [3.05, 3.63) is 35.5 Å². The molecular weight excluding hydrogens is 293 g/mol. The van der Waals surface area contributed by atoms with Gasteiger partial charge in [-0.15, -0.1) is 11.6 Å². The number of aromatic nitrogens is 1. The van der Waals surface area contributed by atoms with Crippen LogP contribution in [-0.4, -0.2) is 30.4 Å². The first kappa shape index (κ1) is 14.3. The molecule has 0 amide bonds. The highest BCUT2D eigenvalue weighted by molar-refractivity contribution is 6.31. The normalized spacial score (nSPS) is 11.2. The summed E-state index contributed by atoms with van der Waals surface area (Å²) in [5.41, 5.74) is 1.38. The van der Waals surface area contributed by atoms with Gasteiger partial charge < -0.3 is 4.90 Å². The van der Waals surface area contributed by atoms with Crippen molar-refractivity contribution in [2.45, 2.75) is 6.43 Å². The van der Waals surface area contributed by atoms with Gasteiger partial charge in [-0.05, 0) is 24.3 Å². The van der Waals surface area contributed by atoms with Crippen LogP contribution in [0.5, 0.6) is 0 Å². The average Bonchev–Trinajstić information content (AvgIpc) is 2.36. The molecule has 0 radical (unpaired) electrons. The molecule has 0 fully saturated rings. The number of anilines is 1. The van der Waals surface area contributed by atoms with E-state index in [0.717, 1.165) is 5.39 Å². The van der Waals surface area contributed by atoms with Crippen molar-refractivity contribution in [2.24, 2.45) is 0 Å². The average molecular weight is 305 g/mol. The molecule has 1 aromatic carbocycles. The number of nitrogens with zero attached hydrogens (tertiary/aromatic N) is 2. The first-order valence-corrected chi connectivity index (χ1v) is 6.66. The molecule has 2 aromatic rings. The molecule has 2 nitrogen and oxygen atoms in total. The molecule has 0 aliphatic heterocycles. The van der Waals surface area contributed by atoms with Crippen molar-refractivity contribution in [3.63, 3.8) is 0 Å². The maximum Gasteiger partial charge on any atom is 0.255 e. The minimum atomic E-state index is -2.42. The van der Waals surface area contributed by atoms with Gasteiger partial charge in [-0.3, -0.25) is 4.98 Å². The molecule has 0 saturated heterocycles. The molecule has 19 heavy (non-hydrogen) atoms. The third kappa shape index (κ3) is 3.45. The van der Waals surface area contributed by atoms with Gasteiger partial charge in [0.05, 0.1) is 12.1 Å². The minimum Gasteiger partial charge on any atom is -0.364 e. The molecule has 1 aromatic heterocycles. The number of hydrogen-bond acceptors (Lipinski definition) is 2. The minimum absolute atomic E-state index is 0.282. The van der Waals surface area contributed by atoms with Crippen molar-refractivity contribution in [1.82, 2.24) is 4.98 Å². The standard InChI is InChI=1S/C13H12Cl2F2N2/c14-4-6-19(8-13(16)17)12-3-5-18-11-7-9(15)1-2-10(11)12/h1-3,5,7,13H,4,6,8H2. The largest absolute Gasteiger partial charge is 0.364 e. The van der Waals surface area contributed by atoms with Crippen molar-refractivity contribution in [1.29, 1.82) is 0 Å². The first-order chi connectivity index (χ1) is 9.11. The lowest BCUT2D eigenvalue weighted by Crippen LogP contribution is -2.30. The van der Waals surface area contributed by atoms with Crippen LogP contribution in [-0.2, 0) is 0 Å². The fourth-order valence-electron chi connectivity index (χ4n) is 1.96. The van der Waals surface area contributed by atoms with E-state index in [1.807, 2.05) is 0 Å². The summed E-state index contributed by atoms with van der Waals surface area (Å²) in [4.78, 5) is 5.76. The molecule has 1 heterocycles. The molecule has 0 aliphatic carbocycles. The zero-order valence-corrected chi connectivity index (χ0v) is 11.5. The van der Waals surface area contributed by atoms with E-state index in [4.69, 9.17) is 23.2 Å². The van der Waals surface area contributed by atoms with Crippen LogP contribution in [0.2, 0.25) is 5.02 Å². The molecule has 2 rings (SSSR count).